The standard InChI is InChI=1S/C20H37F2NO/c1-13(2)19(21)20(22)14(3)12-24-18-10-6-16(7-11-18)15-4-8-17(23)9-5-15/h13-20H,4-12,23H2,1-3H3. The second kappa shape index (κ2) is 9.47. The second-order valence-electron chi connectivity index (χ2n) is 8.66. The van der Waals surface area contributed by atoms with Crippen molar-refractivity contribution in [2.24, 2.45) is 29.4 Å². The van der Waals surface area contributed by atoms with Gasteiger partial charge in [0.25, 0.3) is 0 Å². The van der Waals surface area contributed by atoms with E-state index in [1.807, 2.05) is 0 Å². The van der Waals surface area contributed by atoms with E-state index in [1.165, 1.54) is 38.5 Å². The monoisotopic (exact) mass is 345 g/mol. The lowest BCUT2D eigenvalue weighted by Crippen LogP contribution is -2.34. The molecule has 0 amide bonds. The van der Waals surface area contributed by atoms with Crippen LogP contribution in [0.3, 0.4) is 0 Å². The zero-order valence-electron chi connectivity index (χ0n) is 15.7. The van der Waals surface area contributed by atoms with Crippen molar-refractivity contribution in [3.05, 3.63) is 0 Å². The average molecular weight is 346 g/mol. The zero-order chi connectivity index (χ0) is 17.7. The molecule has 0 bridgehead atoms. The number of alkyl halides is 2. The first-order chi connectivity index (χ1) is 11.4. The molecule has 2 aliphatic carbocycles. The molecule has 2 saturated carbocycles. The zero-order valence-corrected chi connectivity index (χ0v) is 15.7. The summed E-state index contributed by atoms with van der Waals surface area (Å²) in [6.45, 7) is 5.55. The summed E-state index contributed by atoms with van der Waals surface area (Å²) < 4.78 is 33.8. The third-order valence-corrected chi connectivity index (χ3v) is 6.28. The Labute approximate surface area is 146 Å². The fourth-order valence-electron chi connectivity index (χ4n) is 4.40. The van der Waals surface area contributed by atoms with Crippen molar-refractivity contribution in [3.63, 3.8) is 0 Å². The van der Waals surface area contributed by atoms with Crippen molar-refractivity contribution in [1.29, 1.82) is 0 Å². The van der Waals surface area contributed by atoms with E-state index in [0.717, 1.165) is 24.7 Å². The van der Waals surface area contributed by atoms with E-state index >= 15 is 0 Å². The molecular formula is C20H37F2NO. The van der Waals surface area contributed by atoms with Gasteiger partial charge in [-0.2, -0.15) is 0 Å². The van der Waals surface area contributed by atoms with Crippen LogP contribution in [0.1, 0.15) is 72.1 Å². The highest BCUT2D eigenvalue weighted by atomic mass is 19.2. The van der Waals surface area contributed by atoms with E-state index in [0.29, 0.717) is 12.6 Å². The summed E-state index contributed by atoms with van der Waals surface area (Å²) >= 11 is 0. The molecule has 4 heteroatoms. The molecule has 0 radical (unpaired) electrons. The molecule has 0 aromatic rings. The van der Waals surface area contributed by atoms with Crippen molar-refractivity contribution in [3.8, 4) is 0 Å². The van der Waals surface area contributed by atoms with Crippen molar-refractivity contribution >= 4 is 0 Å². The molecule has 0 heterocycles. The van der Waals surface area contributed by atoms with Crippen LogP contribution >= 0.6 is 0 Å². The van der Waals surface area contributed by atoms with Gasteiger partial charge in [-0.3, -0.25) is 0 Å². The van der Waals surface area contributed by atoms with E-state index in [2.05, 4.69) is 0 Å². The van der Waals surface area contributed by atoms with Crippen molar-refractivity contribution < 1.29 is 13.5 Å². The number of hydrogen-bond donors (Lipinski definition) is 1. The summed E-state index contributed by atoms with van der Waals surface area (Å²) in [5.74, 6) is 1.01. The molecule has 3 unspecified atom stereocenters. The molecule has 0 spiro atoms. The van der Waals surface area contributed by atoms with Crippen LogP contribution in [0, 0.1) is 23.7 Å². The maximum absolute atomic E-state index is 14.1. The minimum Gasteiger partial charge on any atom is -0.378 e. The topological polar surface area (TPSA) is 35.2 Å². The van der Waals surface area contributed by atoms with Crippen LogP contribution in [0.5, 0.6) is 0 Å². The lowest BCUT2D eigenvalue weighted by molar-refractivity contribution is -0.0315. The summed E-state index contributed by atoms with van der Waals surface area (Å²) in [6, 6.07) is 0.418. The third-order valence-electron chi connectivity index (χ3n) is 6.28. The van der Waals surface area contributed by atoms with E-state index < -0.39 is 12.3 Å². The number of nitrogens with two attached hydrogens (primary N) is 1. The molecule has 0 aliphatic heterocycles. The molecule has 2 fully saturated rings. The molecule has 2 N–H and O–H groups in total. The van der Waals surface area contributed by atoms with E-state index in [1.54, 1.807) is 20.8 Å². The number of ether oxygens (including phenoxy) is 1. The lowest BCUT2D eigenvalue weighted by atomic mass is 9.72. The minimum absolute atomic E-state index is 0.235. The fourth-order valence-corrected chi connectivity index (χ4v) is 4.40. The Morgan fingerprint density at radius 2 is 1.33 bits per heavy atom. The van der Waals surface area contributed by atoms with Crippen LogP contribution in [0.25, 0.3) is 0 Å². The highest BCUT2D eigenvalue weighted by Gasteiger charge is 2.32. The summed E-state index contributed by atoms with van der Waals surface area (Å²) in [4.78, 5) is 0. The minimum atomic E-state index is -1.42. The van der Waals surface area contributed by atoms with Crippen LogP contribution in [0.2, 0.25) is 0 Å². The molecule has 2 aliphatic rings. The predicted molar refractivity (Wildman–Crippen MR) is 95.4 cm³/mol. The van der Waals surface area contributed by atoms with Gasteiger partial charge in [0.2, 0.25) is 0 Å². The smallest absolute Gasteiger partial charge is 0.136 e. The average Bonchev–Trinajstić information content (AvgIpc) is 2.59. The van der Waals surface area contributed by atoms with Crippen molar-refractivity contribution in [1.82, 2.24) is 0 Å². The highest BCUT2D eigenvalue weighted by Crippen LogP contribution is 2.38. The molecule has 3 atom stereocenters. The Kier molecular flexibility index (Phi) is 7.93. The maximum atomic E-state index is 14.1. The summed E-state index contributed by atoms with van der Waals surface area (Å²) in [7, 11) is 0. The first kappa shape index (κ1) is 20.1. The maximum Gasteiger partial charge on any atom is 0.136 e. The summed E-state index contributed by atoms with van der Waals surface area (Å²) in [5, 5.41) is 0. The fraction of sp³-hybridized carbons (Fsp3) is 1.00. The molecule has 0 aromatic carbocycles. The normalized spacial score (nSPS) is 35.6. The predicted octanol–water partition coefficient (Wildman–Crippen LogP) is 5.05. The molecule has 2 rings (SSSR count). The molecule has 0 saturated heterocycles. The SMILES string of the molecule is CC(C)C(F)C(F)C(C)COC1CCC(C2CCC(N)CC2)CC1. The van der Waals surface area contributed by atoms with Gasteiger partial charge in [0, 0.05) is 12.0 Å². The van der Waals surface area contributed by atoms with Gasteiger partial charge in [0.15, 0.2) is 0 Å². The van der Waals surface area contributed by atoms with Crippen LogP contribution in [0.4, 0.5) is 8.78 Å². The van der Waals surface area contributed by atoms with Crippen LogP contribution in [-0.4, -0.2) is 31.1 Å². The first-order valence-corrected chi connectivity index (χ1v) is 10.0. The van der Waals surface area contributed by atoms with E-state index in [9.17, 15) is 8.78 Å². The molecular weight excluding hydrogens is 308 g/mol. The number of hydrogen-bond acceptors (Lipinski definition) is 2. The van der Waals surface area contributed by atoms with Gasteiger partial charge in [-0.25, -0.2) is 8.78 Å². The van der Waals surface area contributed by atoms with E-state index in [4.69, 9.17) is 10.5 Å². The Balaban J connectivity index is 1.66. The van der Waals surface area contributed by atoms with Crippen LogP contribution in [-0.2, 0) is 4.74 Å². The number of halogens is 2. The van der Waals surface area contributed by atoms with Gasteiger partial charge in [-0.1, -0.05) is 20.8 Å². The van der Waals surface area contributed by atoms with Gasteiger partial charge in [0.05, 0.1) is 12.7 Å². The lowest BCUT2D eigenvalue weighted by Gasteiger charge is -2.37. The van der Waals surface area contributed by atoms with Gasteiger partial charge in [0.1, 0.15) is 12.3 Å². The van der Waals surface area contributed by atoms with Gasteiger partial charge in [-0.15, -0.1) is 0 Å². The molecule has 24 heavy (non-hydrogen) atoms. The molecule has 142 valence electrons. The second-order valence-corrected chi connectivity index (χ2v) is 8.66. The molecule has 2 nitrogen and oxygen atoms in total. The quantitative estimate of drug-likeness (QED) is 0.701. The number of rotatable bonds is 7. The van der Waals surface area contributed by atoms with Gasteiger partial charge in [-0.05, 0) is 69.1 Å². The summed E-state index contributed by atoms with van der Waals surface area (Å²) in [6.07, 6.45) is 6.92. The Hall–Kier alpha value is -0.220. The Bertz CT molecular complexity index is 350. The first-order valence-electron chi connectivity index (χ1n) is 10.0. The Morgan fingerprint density at radius 1 is 0.833 bits per heavy atom. The van der Waals surface area contributed by atoms with Gasteiger partial charge < -0.3 is 10.5 Å². The summed E-state index contributed by atoms with van der Waals surface area (Å²) in [5.41, 5.74) is 6.00. The third kappa shape index (κ3) is 5.66. The van der Waals surface area contributed by atoms with Crippen molar-refractivity contribution in [2.45, 2.75) is 96.6 Å². The van der Waals surface area contributed by atoms with Crippen molar-refractivity contribution in [2.75, 3.05) is 6.61 Å². The Morgan fingerprint density at radius 3 is 1.83 bits per heavy atom. The van der Waals surface area contributed by atoms with Crippen LogP contribution < -0.4 is 5.73 Å². The van der Waals surface area contributed by atoms with Gasteiger partial charge >= 0.3 is 0 Å². The van der Waals surface area contributed by atoms with Crippen LogP contribution in [0.15, 0.2) is 0 Å². The van der Waals surface area contributed by atoms with E-state index in [-0.39, 0.29) is 17.9 Å². The molecule has 0 aromatic heterocycles. The largest absolute Gasteiger partial charge is 0.378 e. The highest BCUT2D eigenvalue weighted by molar-refractivity contribution is 4.83.